The molecule has 5 nitrogen and oxygen atoms in total. The summed E-state index contributed by atoms with van der Waals surface area (Å²) in [7, 11) is 1.95. The molecule has 0 unspecified atom stereocenters. The number of rotatable bonds is 4. The van der Waals surface area contributed by atoms with Crippen molar-refractivity contribution in [2.45, 2.75) is 6.42 Å². The largest absolute Gasteiger partial charge is 0.338 e. The van der Waals surface area contributed by atoms with Crippen LogP contribution in [0.2, 0.25) is 0 Å². The van der Waals surface area contributed by atoms with Crippen LogP contribution >= 0.6 is 15.9 Å². The number of nitrogens with one attached hydrogen (secondary N) is 1. The van der Waals surface area contributed by atoms with Gasteiger partial charge in [0, 0.05) is 23.8 Å². The van der Waals surface area contributed by atoms with Crippen LogP contribution in [0.15, 0.2) is 41.1 Å². The lowest BCUT2D eigenvalue weighted by atomic mass is 10.1. The smallest absolute Gasteiger partial charge is 0.257 e. The fraction of sp³-hybridized carbons (Fsp3) is 0.375. The standard InChI is InChI=1S/C16H19BrN4O/c1-18-8-12-5-6-20(10-12)16(22)13-9-19-21(11-13)15-4-2-3-14(17)7-15/h2-4,7,9,11-12,18H,5-6,8,10H2,1H3/t12-/m0/s1. The maximum absolute atomic E-state index is 12.6. The van der Waals surface area contributed by atoms with Gasteiger partial charge in [0.25, 0.3) is 5.91 Å². The molecule has 2 heterocycles. The van der Waals surface area contributed by atoms with E-state index in [2.05, 4.69) is 26.3 Å². The molecule has 22 heavy (non-hydrogen) atoms. The van der Waals surface area contributed by atoms with E-state index >= 15 is 0 Å². The lowest BCUT2D eigenvalue weighted by Crippen LogP contribution is -2.30. The molecule has 1 N–H and O–H groups in total. The number of halogens is 1. The Kier molecular flexibility index (Phi) is 4.59. The van der Waals surface area contributed by atoms with Gasteiger partial charge in [-0.2, -0.15) is 5.10 Å². The van der Waals surface area contributed by atoms with Crippen LogP contribution in [0.4, 0.5) is 0 Å². The van der Waals surface area contributed by atoms with E-state index in [0.29, 0.717) is 11.5 Å². The molecule has 6 heteroatoms. The van der Waals surface area contributed by atoms with Crippen LogP contribution in [0.5, 0.6) is 0 Å². The normalized spacial score (nSPS) is 17.9. The molecule has 1 aromatic carbocycles. The Hall–Kier alpha value is -1.66. The second kappa shape index (κ2) is 6.62. The Bertz CT molecular complexity index is 670. The van der Waals surface area contributed by atoms with Gasteiger partial charge in [-0.05, 0) is 44.1 Å². The van der Waals surface area contributed by atoms with Gasteiger partial charge < -0.3 is 10.2 Å². The summed E-state index contributed by atoms with van der Waals surface area (Å²) < 4.78 is 2.72. The molecule has 1 saturated heterocycles. The molecular weight excluding hydrogens is 344 g/mol. The highest BCUT2D eigenvalue weighted by atomic mass is 79.9. The zero-order valence-electron chi connectivity index (χ0n) is 12.5. The van der Waals surface area contributed by atoms with E-state index in [-0.39, 0.29) is 5.91 Å². The van der Waals surface area contributed by atoms with Crippen LogP contribution in [0, 0.1) is 5.92 Å². The van der Waals surface area contributed by atoms with E-state index in [0.717, 1.165) is 36.2 Å². The van der Waals surface area contributed by atoms with Crippen molar-refractivity contribution in [3.8, 4) is 5.69 Å². The van der Waals surface area contributed by atoms with E-state index < -0.39 is 0 Å². The summed E-state index contributed by atoms with van der Waals surface area (Å²) in [4.78, 5) is 14.5. The number of nitrogens with zero attached hydrogens (tertiary/aromatic N) is 3. The predicted octanol–water partition coefficient (Wildman–Crippen LogP) is 2.32. The number of likely N-dealkylation sites (tertiary alicyclic amines) is 1. The lowest BCUT2D eigenvalue weighted by molar-refractivity contribution is 0.0787. The van der Waals surface area contributed by atoms with E-state index in [1.54, 1.807) is 17.1 Å². The third-order valence-electron chi connectivity index (χ3n) is 3.97. The summed E-state index contributed by atoms with van der Waals surface area (Å²) in [6, 6.07) is 7.85. The van der Waals surface area contributed by atoms with Crippen LogP contribution in [0.1, 0.15) is 16.8 Å². The molecule has 0 radical (unpaired) electrons. The first kappa shape index (κ1) is 15.2. The van der Waals surface area contributed by atoms with Crippen LogP contribution in [0.25, 0.3) is 5.69 Å². The molecule has 0 aliphatic carbocycles. The van der Waals surface area contributed by atoms with E-state index in [1.807, 2.05) is 36.2 Å². The monoisotopic (exact) mass is 362 g/mol. The topological polar surface area (TPSA) is 50.2 Å². The summed E-state index contributed by atoms with van der Waals surface area (Å²) in [6.07, 6.45) is 4.51. The highest BCUT2D eigenvalue weighted by Gasteiger charge is 2.27. The Morgan fingerprint density at radius 3 is 3.14 bits per heavy atom. The van der Waals surface area contributed by atoms with Crippen LogP contribution in [0.3, 0.4) is 0 Å². The first-order chi connectivity index (χ1) is 10.7. The fourth-order valence-corrected chi connectivity index (χ4v) is 3.24. The molecule has 0 bridgehead atoms. The van der Waals surface area contributed by atoms with Crippen molar-refractivity contribution >= 4 is 21.8 Å². The number of hydrogen-bond acceptors (Lipinski definition) is 3. The van der Waals surface area contributed by atoms with Crippen molar-refractivity contribution in [1.29, 1.82) is 0 Å². The van der Waals surface area contributed by atoms with Gasteiger partial charge in [-0.3, -0.25) is 4.79 Å². The predicted molar refractivity (Wildman–Crippen MR) is 89.2 cm³/mol. The minimum atomic E-state index is 0.0693. The third-order valence-corrected chi connectivity index (χ3v) is 4.46. The lowest BCUT2D eigenvalue weighted by Gasteiger charge is -2.15. The molecule has 0 saturated carbocycles. The highest BCUT2D eigenvalue weighted by molar-refractivity contribution is 9.10. The maximum atomic E-state index is 12.6. The molecular formula is C16H19BrN4O. The van der Waals surface area contributed by atoms with E-state index in [1.165, 1.54) is 0 Å². The van der Waals surface area contributed by atoms with Gasteiger partial charge in [-0.25, -0.2) is 4.68 Å². The fourth-order valence-electron chi connectivity index (χ4n) is 2.85. The number of hydrogen-bond donors (Lipinski definition) is 1. The van der Waals surface area contributed by atoms with Crippen molar-refractivity contribution in [3.63, 3.8) is 0 Å². The third kappa shape index (κ3) is 3.23. The van der Waals surface area contributed by atoms with Gasteiger partial charge in [0.2, 0.25) is 0 Å². The van der Waals surface area contributed by atoms with Gasteiger partial charge >= 0.3 is 0 Å². The van der Waals surface area contributed by atoms with Crippen molar-refractivity contribution in [2.24, 2.45) is 5.92 Å². The summed E-state index contributed by atoms with van der Waals surface area (Å²) in [6.45, 7) is 2.61. The van der Waals surface area contributed by atoms with Crippen LogP contribution in [-0.2, 0) is 0 Å². The van der Waals surface area contributed by atoms with Gasteiger partial charge in [-0.15, -0.1) is 0 Å². The average Bonchev–Trinajstić information content (AvgIpc) is 3.16. The molecule has 1 amide bonds. The molecule has 2 aromatic rings. The number of benzene rings is 1. The number of carbonyl (C=O) groups is 1. The molecule has 1 aliphatic heterocycles. The van der Waals surface area contributed by atoms with Crippen LogP contribution in [-0.4, -0.2) is 47.3 Å². The van der Waals surface area contributed by atoms with E-state index in [9.17, 15) is 4.79 Å². The first-order valence-corrected chi connectivity index (χ1v) is 8.21. The summed E-state index contributed by atoms with van der Waals surface area (Å²) in [5, 5.41) is 7.49. The summed E-state index contributed by atoms with van der Waals surface area (Å²) in [5.74, 6) is 0.619. The minimum Gasteiger partial charge on any atom is -0.338 e. The Morgan fingerprint density at radius 1 is 1.50 bits per heavy atom. The summed E-state index contributed by atoms with van der Waals surface area (Å²) >= 11 is 3.45. The Labute approximate surface area is 138 Å². The van der Waals surface area contributed by atoms with Gasteiger partial charge in [0.1, 0.15) is 0 Å². The zero-order valence-corrected chi connectivity index (χ0v) is 14.1. The van der Waals surface area contributed by atoms with Crippen molar-refractivity contribution in [1.82, 2.24) is 20.0 Å². The van der Waals surface area contributed by atoms with Gasteiger partial charge in [0.15, 0.2) is 0 Å². The molecule has 1 aliphatic rings. The molecule has 116 valence electrons. The average molecular weight is 363 g/mol. The maximum Gasteiger partial charge on any atom is 0.257 e. The minimum absolute atomic E-state index is 0.0693. The molecule has 1 aromatic heterocycles. The first-order valence-electron chi connectivity index (χ1n) is 7.42. The molecule has 1 fully saturated rings. The zero-order chi connectivity index (χ0) is 15.5. The summed E-state index contributed by atoms with van der Waals surface area (Å²) in [5.41, 5.74) is 1.58. The number of carbonyl (C=O) groups excluding carboxylic acids is 1. The second-order valence-electron chi connectivity index (χ2n) is 5.62. The molecule has 3 rings (SSSR count). The number of amides is 1. The quantitative estimate of drug-likeness (QED) is 0.907. The van der Waals surface area contributed by atoms with Gasteiger partial charge in [-0.1, -0.05) is 22.0 Å². The number of aromatic nitrogens is 2. The van der Waals surface area contributed by atoms with Crippen LogP contribution < -0.4 is 5.32 Å². The Balaban J connectivity index is 1.72. The Morgan fingerprint density at radius 2 is 2.36 bits per heavy atom. The van der Waals surface area contributed by atoms with Crippen molar-refractivity contribution in [3.05, 3.63) is 46.7 Å². The molecule has 0 spiro atoms. The van der Waals surface area contributed by atoms with E-state index in [4.69, 9.17) is 0 Å². The highest BCUT2D eigenvalue weighted by Crippen LogP contribution is 2.19. The van der Waals surface area contributed by atoms with Gasteiger partial charge in [0.05, 0.1) is 17.4 Å². The SMILES string of the molecule is CNC[C@@H]1CCN(C(=O)c2cnn(-c3cccc(Br)c3)c2)C1. The molecule has 1 atom stereocenters. The second-order valence-corrected chi connectivity index (χ2v) is 6.53. The van der Waals surface area contributed by atoms with Crippen molar-refractivity contribution < 1.29 is 4.79 Å². The van der Waals surface area contributed by atoms with Crippen molar-refractivity contribution in [2.75, 3.05) is 26.7 Å².